The molecule has 0 bridgehead atoms. The molecule has 4 atom stereocenters. The first kappa shape index (κ1) is 26.7. The molecule has 33 heavy (non-hydrogen) atoms. The van der Waals surface area contributed by atoms with Crippen LogP contribution in [0.5, 0.6) is 0 Å². The van der Waals surface area contributed by atoms with E-state index < -0.39 is 29.7 Å². The third-order valence-corrected chi connectivity index (χ3v) is 6.15. The zero-order valence-electron chi connectivity index (χ0n) is 20.4. The number of nitrogens with zero attached hydrogens (tertiary/aromatic N) is 1. The van der Waals surface area contributed by atoms with E-state index in [-0.39, 0.29) is 30.4 Å². The Morgan fingerprint density at radius 1 is 1.21 bits per heavy atom. The molecule has 2 N–H and O–H groups in total. The molecule has 1 aliphatic heterocycles. The lowest BCUT2D eigenvalue weighted by Crippen LogP contribution is -2.56. The molecule has 1 aliphatic carbocycles. The minimum Gasteiger partial charge on any atom is -0.464 e. The Kier molecular flexibility index (Phi) is 9.73. The van der Waals surface area contributed by atoms with Gasteiger partial charge in [-0.15, -0.1) is 6.58 Å². The van der Waals surface area contributed by atoms with Crippen molar-refractivity contribution in [3.8, 4) is 0 Å². The van der Waals surface area contributed by atoms with Gasteiger partial charge in [0.25, 0.3) is 0 Å². The Labute approximate surface area is 196 Å². The highest BCUT2D eigenvalue weighted by Gasteiger charge is 2.61. The van der Waals surface area contributed by atoms with E-state index in [0.717, 1.165) is 19.3 Å². The zero-order chi connectivity index (χ0) is 24.6. The van der Waals surface area contributed by atoms with E-state index in [2.05, 4.69) is 24.1 Å². The molecule has 0 aromatic rings. The predicted octanol–water partition coefficient (Wildman–Crippen LogP) is 2.68. The third kappa shape index (κ3) is 6.71. The molecule has 2 fully saturated rings. The Bertz CT molecular complexity index is 740. The molecular formula is C24H39N3O6. The van der Waals surface area contributed by atoms with Crippen molar-refractivity contribution in [3.05, 3.63) is 12.7 Å². The van der Waals surface area contributed by atoms with Gasteiger partial charge in [0.05, 0.1) is 12.7 Å². The number of hydrogen-bond acceptors (Lipinski definition) is 6. The summed E-state index contributed by atoms with van der Waals surface area (Å²) in [5.74, 6) is -1.35. The summed E-state index contributed by atoms with van der Waals surface area (Å²) in [6.45, 7) is 11.6. The normalized spacial score (nSPS) is 24.7. The van der Waals surface area contributed by atoms with Gasteiger partial charge in [0, 0.05) is 12.5 Å². The van der Waals surface area contributed by atoms with Crippen LogP contribution in [0.3, 0.4) is 0 Å². The number of esters is 1. The van der Waals surface area contributed by atoms with Crippen molar-refractivity contribution >= 4 is 23.9 Å². The maximum absolute atomic E-state index is 13.4. The maximum Gasteiger partial charge on any atom is 0.408 e. The summed E-state index contributed by atoms with van der Waals surface area (Å²) in [6.07, 6.45) is 5.43. The standard InChI is InChI=1S/C24H39N3O6/c1-6-9-10-12-18(25-23(31)33-16(4)5)21(29)27-14-11-13-19(27)20(28)26-24(15-17(24)7-2)22(30)32-8-3/h7,16-19H,2,6,8-15H2,1,3-5H3,(H,25,31)(H,26,28)/t17-,18+,19+,24-/m1/s1. The van der Waals surface area contributed by atoms with Crippen LogP contribution in [-0.2, 0) is 23.9 Å². The number of likely N-dealkylation sites (tertiary alicyclic amines) is 1. The van der Waals surface area contributed by atoms with Gasteiger partial charge < -0.3 is 25.0 Å². The van der Waals surface area contributed by atoms with Crippen molar-refractivity contribution in [2.24, 2.45) is 5.92 Å². The number of hydrogen-bond donors (Lipinski definition) is 2. The largest absolute Gasteiger partial charge is 0.464 e. The van der Waals surface area contributed by atoms with Crippen molar-refractivity contribution in [1.82, 2.24) is 15.5 Å². The van der Waals surface area contributed by atoms with Crippen LogP contribution in [0.2, 0.25) is 0 Å². The number of amides is 3. The number of unbranched alkanes of at least 4 members (excludes halogenated alkanes) is 2. The van der Waals surface area contributed by atoms with Crippen molar-refractivity contribution in [3.63, 3.8) is 0 Å². The molecule has 1 saturated carbocycles. The number of carbonyl (C=O) groups is 4. The second-order valence-corrected chi connectivity index (χ2v) is 9.06. The highest BCUT2D eigenvalue weighted by molar-refractivity contribution is 5.96. The number of alkyl carbamates (subject to hydrolysis) is 1. The topological polar surface area (TPSA) is 114 Å². The summed E-state index contributed by atoms with van der Waals surface area (Å²) < 4.78 is 10.3. The van der Waals surface area contributed by atoms with Crippen LogP contribution < -0.4 is 10.6 Å². The Morgan fingerprint density at radius 3 is 2.52 bits per heavy atom. The van der Waals surface area contributed by atoms with E-state index in [4.69, 9.17) is 9.47 Å². The molecule has 0 spiro atoms. The first-order valence-electron chi connectivity index (χ1n) is 12.1. The van der Waals surface area contributed by atoms with Gasteiger partial charge in [-0.25, -0.2) is 9.59 Å². The highest BCUT2D eigenvalue weighted by atomic mass is 16.6. The van der Waals surface area contributed by atoms with Gasteiger partial charge in [0.1, 0.15) is 17.6 Å². The minimum atomic E-state index is -1.11. The van der Waals surface area contributed by atoms with Gasteiger partial charge in [-0.3, -0.25) is 9.59 Å². The fourth-order valence-corrected chi connectivity index (χ4v) is 4.31. The van der Waals surface area contributed by atoms with Gasteiger partial charge >= 0.3 is 12.1 Å². The molecule has 0 unspecified atom stereocenters. The highest BCUT2D eigenvalue weighted by Crippen LogP contribution is 2.45. The van der Waals surface area contributed by atoms with Crippen molar-refractivity contribution < 1.29 is 28.7 Å². The number of ether oxygens (including phenoxy) is 2. The summed E-state index contributed by atoms with van der Waals surface area (Å²) in [5, 5.41) is 5.53. The lowest BCUT2D eigenvalue weighted by molar-refractivity contribution is -0.150. The van der Waals surface area contributed by atoms with E-state index in [1.54, 1.807) is 26.8 Å². The average Bonchev–Trinajstić information content (AvgIpc) is 3.24. The fourth-order valence-electron chi connectivity index (χ4n) is 4.31. The number of nitrogens with one attached hydrogen (secondary N) is 2. The molecular weight excluding hydrogens is 426 g/mol. The quantitative estimate of drug-likeness (QED) is 0.260. The number of carbonyl (C=O) groups excluding carboxylic acids is 4. The molecule has 9 heteroatoms. The summed E-state index contributed by atoms with van der Waals surface area (Å²) in [6, 6.07) is -1.47. The molecule has 0 aromatic carbocycles. The molecule has 1 saturated heterocycles. The van der Waals surface area contributed by atoms with Crippen LogP contribution in [0.15, 0.2) is 12.7 Å². The van der Waals surface area contributed by atoms with E-state index in [9.17, 15) is 19.2 Å². The van der Waals surface area contributed by atoms with Gasteiger partial charge in [-0.1, -0.05) is 32.3 Å². The van der Waals surface area contributed by atoms with Crippen LogP contribution in [0, 0.1) is 5.92 Å². The zero-order valence-corrected chi connectivity index (χ0v) is 20.4. The Balaban J connectivity index is 2.11. The third-order valence-electron chi connectivity index (χ3n) is 6.15. The lowest BCUT2D eigenvalue weighted by atomic mass is 10.1. The SMILES string of the molecule is C=C[C@@H]1C[C@]1(NC(=O)[C@@H]1CCCN1C(=O)[C@H](CCCCC)NC(=O)OC(C)C)C(=O)OCC. The molecule has 9 nitrogen and oxygen atoms in total. The smallest absolute Gasteiger partial charge is 0.408 e. The van der Waals surface area contributed by atoms with Crippen LogP contribution in [0.4, 0.5) is 4.79 Å². The fraction of sp³-hybridized carbons (Fsp3) is 0.750. The van der Waals surface area contributed by atoms with Crippen molar-refractivity contribution in [2.75, 3.05) is 13.2 Å². The number of rotatable bonds is 12. The molecule has 186 valence electrons. The van der Waals surface area contributed by atoms with Crippen LogP contribution in [0.25, 0.3) is 0 Å². The monoisotopic (exact) mass is 465 g/mol. The average molecular weight is 466 g/mol. The minimum absolute atomic E-state index is 0.194. The van der Waals surface area contributed by atoms with Crippen LogP contribution in [-0.4, -0.2) is 65.7 Å². The second-order valence-electron chi connectivity index (χ2n) is 9.06. The van der Waals surface area contributed by atoms with Gasteiger partial charge in [-0.05, 0) is 46.5 Å². The van der Waals surface area contributed by atoms with E-state index in [1.807, 2.05) is 0 Å². The Morgan fingerprint density at radius 2 is 1.94 bits per heavy atom. The summed E-state index contributed by atoms with van der Waals surface area (Å²) in [4.78, 5) is 52.8. The van der Waals surface area contributed by atoms with Crippen molar-refractivity contribution in [2.45, 2.75) is 96.4 Å². The molecule has 3 amide bonds. The van der Waals surface area contributed by atoms with Gasteiger partial charge in [0.15, 0.2) is 0 Å². The summed E-state index contributed by atoms with van der Waals surface area (Å²) in [5.41, 5.74) is -1.11. The van der Waals surface area contributed by atoms with E-state index in [1.165, 1.54) is 4.90 Å². The van der Waals surface area contributed by atoms with Crippen LogP contribution in [0.1, 0.15) is 72.6 Å². The predicted molar refractivity (Wildman–Crippen MR) is 123 cm³/mol. The first-order valence-corrected chi connectivity index (χ1v) is 12.1. The summed E-state index contributed by atoms with van der Waals surface area (Å²) in [7, 11) is 0. The molecule has 2 aliphatic rings. The maximum atomic E-state index is 13.4. The van der Waals surface area contributed by atoms with Gasteiger partial charge in [0.2, 0.25) is 11.8 Å². The van der Waals surface area contributed by atoms with Crippen LogP contribution >= 0.6 is 0 Å². The molecule has 1 heterocycles. The lowest BCUT2D eigenvalue weighted by Gasteiger charge is -2.30. The molecule has 0 radical (unpaired) electrons. The molecule has 0 aromatic heterocycles. The van der Waals surface area contributed by atoms with E-state index in [0.29, 0.717) is 32.2 Å². The first-order chi connectivity index (χ1) is 15.7. The summed E-state index contributed by atoms with van der Waals surface area (Å²) >= 11 is 0. The molecule has 2 rings (SSSR count). The second kappa shape index (κ2) is 12.0. The van der Waals surface area contributed by atoms with Gasteiger partial charge in [-0.2, -0.15) is 0 Å². The van der Waals surface area contributed by atoms with Crippen molar-refractivity contribution in [1.29, 1.82) is 0 Å². The van der Waals surface area contributed by atoms with E-state index >= 15 is 0 Å². The Hall–Kier alpha value is -2.58.